The fourth-order valence-electron chi connectivity index (χ4n) is 1.20. The van der Waals surface area contributed by atoms with Gasteiger partial charge < -0.3 is 20.1 Å². The second-order valence-corrected chi connectivity index (χ2v) is 2.47. The number of aliphatic hydroxyl groups excluding tert-OH is 3. The molecule has 0 aromatic carbocycles. The predicted molar refractivity (Wildman–Crippen MR) is 33.2 cm³/mol. The molecule has 0 amide bonds. The van der Waals surface area contributed by atoms with Crippen LogP contribution in [0, 0.1) is 0 Å². The summed E-state index contributed by atoms with van der Waals surface area (Å²) in [5.74, 6) is 0. The van der Waals surface area contributed by atoms with Crippen LogP contribution in [0.2, 0.25) is 0 Å². The molecule has 0 spiro atoms. The Bertz CT molecular complexity index is 104. The lowest BCUT2D eigenvalue weighted by Gasteiger charge is -2.14. The molecule has 1 saturated carbocycles. The first-order valence-electron chi connectivity index (χ1n) is 3.34. The maximum absolute atomic E-state index is 9.10. The molecule has 1 fully saturated rings. The lowest BCUT2D eigenvalue weighted by molar-refractivity contribution is -0.102. The SMILES string of the molecule is OCOC1CCC(O)C1O. The molecule has 1 aliphatic rings. The zero-order valence-corrected chi connectivity index (χ0v) is 5.60. The van der Waals surface area contributed by atoms with Crippen molar-refractivity contribution in [3.8, 4) is 0 Å². The summed E-state index contributed by atoms with van der Waals surface area (Å²) < 4.78 is 4.73. The Kier molecular flexibility index (Phi) is 2.62. The average molecular weight is 148 g/mol. The van der Waals surface area contributed by atoms with Crippen molar-refractivity contribution in [2.45, 2.75) is 31.2 Å². The van der Waals surface area contributed by atoms with Crippen LogP contribution < -0.4 is 0 Å². The van der Waals surface area contributed by atoms with Gasteiger partial charge in [0.25, 0.3) is 0 Å². The summed E-state index contributed by atoms with van der Waals surface area (Å²) in [7, 11) is 0. The van der Waals surface area contributed by atoms with Crippen LogP contribution in [0.15, 0.2) is 0 Å². The van der Waals surface area contributed by atoms with Crippen LogP contribution in [0.5, 0.6) is 0 Å². The first-order valence-corrected chi connectivity index (χ1v) is 3.34. The monoisotopic (exact) mass is 148 g/mol. The second kappa shape index (κ2) is 3.30. The van der Waals surface area contributed by atoms with E-state index >= 15 is 0 Å². The Hall–Kier alpha value is -0.160. The van der Waals surface area contributed by atoms with E-state index in [2.05, 4.69) is 0 Å². The molecule has 1 aliphatic carbocycles. The quantitative estimate of drug-likeness (QED) is 0.432. The molecule has 0 saturated heterocycles. The van der Waals surface area contributed by atoms with Crippen molar-refractivity contribution in [1.82, 2.24) is 0 Å². The van der Waals surface area contributed by atoms with Gasteiger partial charge in [-0.05, 0) is 12.8 Å². The Morgan fingerprint density at radius 2 is 2.00 bits per heavy atom. The van der Waals surface area contributed by atoms with Crippen LogP contribution >= 0.6 is 0 Å². The van der Waals surface area contributed by atoms with Crippen molar-refractivity contribution in [1.29, 1.82) is 0 Å². The van der Waals surface area contributed by atoms with Crippen LogP contribution in [0.3, 0.4) is 0 Å². The van der Waals surface area contributed by atoms with E-state index in [0.29, 0.717) is 12.8 Å². The third-order valence-corrected chi connectivity index (χ3v) is 1.81. The first-order chi connectivity index (χ1) is 4.75. The molecule has 4 nitrogen and oxygen atoms in total. The zero-order valence-electron chi connectivity index (χ0n) is 5.60. The number of rotatable bonds is 2. The molecule has 3 unspecified atom stereocenters. The Morgan fingerprint density at radius 3 is 2.40 bits per heavy atom. The van der Waals surface area contributed by atoms with E-state index in [-0.39, 0.29) is 6.10 Å². The van der Waals surface area contributed by atoms with Crippen molar-refractivity contribution < 1.29 is 20.1 Å². The fourth-order valence-corrected chi connectivity index (χ4v) is 1.20. The van der Waals surface area contributed by atoms with Gasteiger partial charge >= 0.3 is 0 Å². The maximum Gasteiger partial charge on any atom is 0.144 e. The van der Waals surface area contributed by atoms with E-state index < -0.39 is 19.0 Å². The molecule has 0 aromatic heterocycles. The summed E-state index contributed by atoms with van der Waals surface area (Å²) in [5.41, 5.74) is 0. The third-order valence-electron chi connectivity index (χ3n) is 1.81. The second-order valence-electron chi connectivity index (χ2n) is 2.47. The van der Waals surface area contributed by atoms with Crippen molar-refractivity contribution in [2.75, 3.05) is 6.79 Å². The molecule has 10 heavy (non-hydrogen) atoms. The molecule has 60 valence electrons. The van der Waals surface area contributed by atoms with Crippen molar-refractivity contribution in [2.24, 2.45) is 0 Å². The molecule has 4 heteroatoms. The lowest BCUT2D eigenvalue weighted by atomic mass is 10.2. The summed E-state index contributed by atoms with van der Waals surface area (Å²) in [5, 5.41) is 26.4. The normalized spacial score (nSPS) is 40.5. The van der Waals surface area contributed by atoms with Crippen molar-refractivity contribution >= 4 is 0 Å². The van der Waals surface area contributed by atoms with Gasteiger partial charge in [0.15, 0.2) is 0 Å². The molecule has 3 atom stereocenters. The predicted octanol–water partition coefficient (Wildman–Crippen LogP) is -1.16. The third kappa shape index (κ3) is 1.46. The smallest absolute Gasteiger partial charge is 0.144 e. The van der Waals surface area contributed by atoms with Crippen LogP contribution in [0.25, 0.3) is 0 Å². The number of aliphatic hydroxyl groups is 3. The topological polar surface area (TPSA) is 69.9 Å². The summed E-state index contributed by atoms with van der Waals surface area (Å²) in [4.78, 5) is 0. The van der Waals surface area contributed by atoms with Crippen LogP contribution in [-0.4, -0.2) is 40.4 Å². The Morgan fingerprint density at radius 1 is 1.30 bits per heavy atom. The van der Waals surface area contributed by atoms with Gasteiger partial charge in [0.2, 0.25) is 0 Å². The van der Waals surface area contributed by atoms with E-state index in [1.807, 2.05) is 0 Å². The van der Waals surface area contributed by atoms with Gasteiger partial charge in [-0.15, -0.1) is 0 Å². The van der Waals surface area contributed by atoms with E-state index in [1.54, 1.807) is 0 Å². The Labute approximate surface area is 59.1 Å². The molecular formula is C6H12O4. The van der Waals surface area contributed by atoms with Gasteiger partial charge in [0.05, 0.1) is 12.2 Å². The summed E-state index contributed by atoms with van der Waals surface area (Å²) in [6.07, 6.45) is -0.738. The highest BCUT2D eigenvalue weighted by atomic mass is 16.6. The van der Waals surface area contributed by atoms with E-state index in [4.69, 9.17) is 20.1 Å². The average Bonchev–Trinajstić information content (AvgIpc) is 2.20. The molecule has 0 radical (unpaired) electrons. The van der Waals surface area contributed by atoms with E-state index in [1.165, 1.54) is 0 Å². The van der Waals surface area contributed by atoms with Crippen LogP contribution in [0.1, 0.15) is 12.8 Å². The molecule has 0 bridgehead atoms. The number of hydrogen-bond donors (Lipinski definition) is 3. The summed E-state index contributed by atoms with van der Waals surface area (Å²) in [6, 6.07) is 0. The minimum Gasteiger partial charge on any atom is -0.390 e. The molecule has 1 rings (SSSR count). The largest absolute Gasteiger partial charge is 0.390 e. The first kappa shape index (κ1) is 7.94. The number of hydrogen-bond acceptors (Lipinski definition) is 4. The number of ether oxygens (including phenoxy) is 1. The van der Waals surface area contributed by atoms with Gasteiger partial charge in [-0.25, -0.2) is 0 Å². The van der Waals surface area contributed by atoms with E-state index in [0.717, 1.165) is 0 Å². The summed E-state index contributed by atoms with van der Waals surface area (Å²) in [6.45, 7) is -0.394. The molecular weight excluding hydrogens is 136 g/mol. The molecule has 0 aromatic rings. The summed E-state index contributed by atoms with van der Waals surface area (Å²) >= 11 is 0. The minimum atomic E-state index is -0.827. The van der Waals surface area contributed by atoms with Crippen molar-refractivity contribution in [3.63, 3.8) is 0 Å². The van der Waals surface area contributed by atoms with Gasteiger partial charge in [0.1, 0.15) is 12.9 Å². The minimum absolute atomic E-state index is 0.389. The van der Waals surface area contributed by atoms with E-state index in [9.17, 15) is 0 Å². The Balaban J connectivity index is 2.33. The molecule has 3 N–H and O–H groups in total. The van der Waals surface area contributed by atoms with Crippen LogP contribution in [0.4, 0.5) is 0 Å². The van der Waals surface area contributed by atoms with Gasteiger partial charge in [0, 0.05) is 0 Å². The van der Waals surface area contributed by atoms with Gasteiger partial charge in [-0.3, -0.25) is 0 Å². The standard InChI is InChI=1S/C6H12O4/c7-3-10-5-2-1-4(8)6(5)9/h4-9H,1-3H2. The zero-order chi connectivity index (χ0) is 7.56. The maximum atomic E-state index is 9.10. The molecule has 0 aliphatic heterocycles. The highest BCUT2D eigenvalue weighted by molar-refractivity contribution is 4.84. The highest BCUT2D eigenvalue weighted by Gasteiger charge is 2.33. The molecule has 0 heterocycles. The highest BCUT2D eigenvalue weighted by Crippen LogP contribution is 2.21. The lowest BCUT2D eigenvalue weighted by Crippen LogP contribution is -2.30. The fraction of sp³-hybridized carbons (Fsp3) is 1.00. The van der Waals surface area contributed by atoms with Gasteiger partial charge in [-0.1, -0.05) is 0 Å². The van der Waals surface area contributed by atoms with Crippen LogP contribution in [-0.2, 0) is 4.74 Å². The van der Waals surface area contributed by atoms with Gasteiger partial charge in [-0.2, -0.15) is 0 Å². The van der Waals surface area contributed by atoms with Crippen molar-refractivity contribution in [3.05, 3.63) is 0 Å².